The van der Waals surface area contributed by atoms with Crippen LogP contribution < -0.4 is 0 Å². The summed E-state index contributed by atoms with van der Waals surface area (Å²) in [5.41, 5.74) is -3.95. The Morgan fingerprint density at radius 2 is 1.86 bits per heavy atom. The number of fused-ring (bicyclic) bond motifs is 3. The van der Waals surface area contributed by atoms with E-state index >= 15 is 0 Å². The van der Waals surface area contributed by atoms with E-state index in [2.05, 4.69) is 36.3 Å². The predicted molar refractivity (Wildman–Crippen MR) is 102 cm³/mol. The maximum absolute atomic E-state index is 12.8. The van der Waals surface area contributed by atoms with Crippen molar-refractivity contribution in [3.63, 3.8) is 0 Å². The van der Waals surface area contributed by atoms with Gasteiger partial charge in [-0.15, -0.1) is 0 Å². The average Bonchev–Trinajstić information content (AvgIpc) is 2.65. The first-order valence-corrected chi connectivity index (χ1v) is 11.4. The van der Waals surface area contributed by atoms with Gasteiger partial charge in [-0.2, -0.15) is 21.6 Å². The van der Waals surface area contributed by atoms with Gasteiger partial charge in [0.05, 0.1) is 0 Å². The Morgan fingerprint density at radius 1 is 1.14 bits per heavy atom. The van der Waals surface area contributed by atoms with E-state index in [-0.39, 0.29) is 23.0 Å². The highest BCUT2D eigenvalue weighted by Gasteiger charge is 2.50. The second kappa shape index (κ2) is 7.54. The van der Waals surface area contributed by atoms with Crippen molar-refractivity contribution in [2.75, 3.05) is 0 Å². The molecule has 0 aliphatic heterocycles. The monoisotopic (exact) mass is 418 g/mol. The third-order valence-corrected chi connectivity index (χ3v) is 8.02. The molecule has 3 rings (SSSR count). The zero-order valence-electron chi connectivity index (χ0n) is 16.6. The Morgan fingerprint density at radius 3 is 2.54 bits per heavy atom. The lowest BCUT2D eigenvalue weighted by Gasteiger charge is -2.49. The molecule has 28 heavy (non-hydrogen) atoms. The van der Waals surface area contributed by atoms with E-state index in [1.807, 2.05) is 0 Å². The molecule has 0 saturated heterocycles. The highest BCUT2D eigenvalue weighted by atomic mass is 32.2. The number of hydrogen-bond acceptors (Lipinski definition) is 3. The van der Waals surface area contributed by atoms with Crippen LogP contribution in [0.5, 0.6) is 0 Å². The topological polar surface area (TPSA) is 43.4 Å². The molecule has 0 aromatic carbocycles. The van der Waals surface area contributed by atoms with Crippen molar-refractivity contribution in [2.45, 2.75) is 64.8 Å². The lowest BCUT2D eigenvalue weighted by atomic mass is 9.55. The number of rotatable bonds is 2. The lowest BCUT2D eigenvalue weighted by Crippen LogP contribution is -2.40. The second-order valence-corrected chi connectivity index (χ2v) is 10.3. The smallest absolute Gasteiger partial charge is 0.381 e. The summed E-state index contributed by atoms with van der Waals surface area (Å²) in [5.74, 6) is 0.664. The fraction of sp³-hybridized carbons (Fsp3) is 0.714. The van der Waals surface area contributed by atoms with E-state index < -0.39 is 15.6 Å². The van der Waals surface area contributed by atoms with Crippen LogP contribution in [0.2, 0.25) is 0 Å². The predicted octanol–water partition coefficient (Wildman–Crippen LogP) is 6.11. The van der Waals surface area contributed by atoms with Crippen molar-refractivity contribution in [2.24, 2.45) is 29.1 Å². The van der Waals surface area contributed by atoms with Crippen molar-refractivity contribution >= 4 is 10.1 Å². The van der Waals surface area contributed by atoms with Crippen LogP contribution in [0.1, 0.15) is 59.3 Å². The minimum absolute atomic E-state index is 0.0651. The van der Waals surface area contributed by atoms with Crippen LogP contribution in [0.4, 0.5) is 13.2 Å². The Labute approximate surface area is 165 Å². The normalized spacial score (nSPS) is 38.6. The highest BCUT2D eigenvalue weighted by molar-refractivity contribution is 7.87. The van der Waals surface area contributed by atoms with Gasteiger partial charge in [-0.25, -0.2) is 0 Å². The van der Waals surface area contributed by atoms with E-state index in [1.165, 1.54) is 5.57 Å². The van der Waals surface area contributed by atoms with Gasteiger partial charge in [0.25, 0.3) is 0 Å². The average molecular weight is 419 g/mol. The van der Waals surface area contributed by atoms with Gasteiger partial charge in [0.2, 0.25) is 0 Å². The van der Waals surface area contributed by atoms with Gasteiger partial charge in [0.15, 0.2) is 0 Å². The van der Waals surface area contributed by atoms with Gasteiger partial charge in [-0.05, 0) is 73.3 Å². The molecule has 0 spiro atoms. The molecule has 0 aromatic rings. The maximum atomic E-state index is 12.8. The summed E-state index contributed by atoms with van der Waals surface area (Å²) in [7, 11) is -5.63. The molecule has 0 N–H and O–H groups in total. The molecule has 0 fully saturated rings. The van der Waals surface area contributed by atoms with Crippen LogP contribution >= 0.6 is 0 Å². The van der Waals surface area contributed by atoms with Gasteiger partial charge in [0, 0.05) is 5.92 Å². The highest BCUT2D eigenvalue weighted by Crippen LogP contribution is 2.55. The van der Waals surface area contributed by atoms with Gasteiger partial charge in [-0.1, -0.05) is 39.0 Å². The molecule has 0 saturated carbocycles. The number of halogens is 3. The molecule has 0 radical (unpaired) electrons. The summed E-state index contributed by atoms with van der Waals surface area (Å²) in [5, 5.41) is 0. The maximum Gasteiger partial charge on any atom is 0.534 e. The summed E-state index contributed by atoms with van der Waals surface area (Å²) in [6.45, 7) is 6.18. The van der Waals surface area contributed by atoms with Crippen LogP contribution in [0.15, 0.2) is 35.6 Å². The first-order chi connectivity index (χ1) is 13.0. The Balaban J connectivity index is 1.87. The fourth-order valence-electron chi connectivity index (χ4n) is 5.23. The molecule has 0 heterocycles. The number of allylic oxidation sites excluding steroid dienone is 6. The van der Waals surface area contributed by atoms with Crippen molar-refractivity contribution in [1.82, 2.24) is 0 Å². The van der Waals surface area contributed by atoms with Crippen LogP contribution in [-0.2, 0) is 14.3 Å². The van der Waals surface area contributed by atoms with Crippen molar-refractivity contribution in [3.8, 4) is 0 Å². The first kappa shape index (κ1) is 21.5. The molecule has 0 amide bonds. The van der Waals surface area contributed by atoms with Crippen molar-refractivity contribution in [3.05, 3.63) is 35.6 Å². The standard InChI is InChI=1S/C21H29F3O3S/c1-14-8-12-19(27-28(25,26)21(22,23)24)15(2)7-11-18-17(14)10-9-16-6-4-5-13-20(16,18)3/h4,6,9,12,14-15,17-18H,5,7-8,10-11,13H2,1-3H3/b19-12+/t14?,15-,17?,18?,20-/m0/s1. The molecule has 7 heteroatoms. The summed E-state index contributed by atoms with van der Waals surface area (Å²) in [4.78, 5) is 0. The quantitative estimate of drug-likeness (QED) is 0.401. The van der Waals surface area contributed by atoms with E-state index in [0.717, 1.165) is 25.7 Å². The molecule has 3 unspecified atom stereocenters. The fourth-order valence-corrected chi connectivity index (χ4v) is 5.81. The van der Waals surface area contributed by atoms with Crippen LogP contribution in [0.3, 0.4) is 0 Å². The molecule has 5 atom stereocenters. The molecular formula is C21H29F3O3S. The third-order valence-electron chi connectivity index (χ3n) is 7.04. The summed E-state index contributed by atoms with van der Waals surface area (Å²) in [6.07, 6.45) is 13.4. The van der Waals surface area contributed by atoms with Gasteiger partial charge < -0.3 is 4.18 Å². The van der Waals surface area contributed by atoms with Gasteiger partial charge in [0.1, 0.15) is 5.76 Å². The van der Waals surface area contributed by atoms with Gasteiger partial charge >= 0.3 is 15.6 Å². The molecule has 3 aliphatic rings. The zero-order chi connectivity index (χ0) is 20.7. The molecule has 158 valence electrons. The molecule has 0 aromatic heterocycles. The van der Waals surface area contributed by atoms with E-state index in [0.29, 0.717) is 24.7 Å². The summed E-state index contributed by atoms with van der Waals surface area (Å²) in [6, 6.07) is 0. The SMILES string of the molecule is CC1C/C=C(/OS(=O)(=O)C(F)(F)F)[C@@H](C)CCC2C1CC=C1C=CCC[C@@]12C. The Hall–Kier alpha value is -1.24. The molecule has 0 bridgehead atoms. The third kappa shape index (κ3) is 3.91. The van der Waals surface area contributed by atoms with E-state index in [9.17, 15) is 21.6 Å². The summed E-state index contributed by atoms with van der Waals surface area (Å²) >= 11 is 0. The summed E-state index contributed by atoms with van der Waals surface area (Å²) < 4.78 is 65.9. The molecule has 3 aliphatic carbocycles. The Bertz CT molecular complexity index is 794. The van der Waals surface area contributed by atoms with Crippen LogP contribution in [0.25, 0.3) is 0 Å². The minimum Gasteiger partial charge on any atom is -0.381 e. The molecular weight excluding hydrogens is 389 g/mol. The van der Waals surface area contributed by atoms with E-state index in [4.69, 9.17) is 0 Å². The first-order valence-electron chi connectivity index (χ1n) is 10.0. The van der Waals surface area contributed by atoms with Gasteiger partial charge in [-0.3, -0.25) is 0 Å². The van der Waals surface area contributed by atoms with Crippen molar-refractivity contribution in [1.29, 1.82) is 0 Å². The second-order valence-electron chi connectivity index (χ2n) is 8.81. The molecule has 3 nitrogen and oxygen atoms in total. The number of alkyl halides is 3. The Kier molecular flexibility index (Phi) is 5.78. The largest absolute Gasteiger partial charge is 0.534 e. The van der Waals surface area contributed by atoms with Crippen LogP contribution in [-0.4, -0.2) is 13.9 Å². The van der Waals surface area contributed by atoms with Crippen molar-refractivity contribution < 1.29 is 25.8 Å². The number of hydrogen-bond donors (Lipinski definition) is 0. The van der Waals surface area contributed by atoms with E-state index in [1.54, 1.807) is 13.0 Å². The lowest BCUT2D eigenvalue weighted by molar-refractivity contribution is -0.0527. The van der Waals surface area contributed by atoms with Crippen LogP contribution in [0, 0.1) is 29.1 Å². The zero-order valence-corrected chi connectivity index (χ0v) is 17.4. The minimum atomic E-state index is -5.63.